The molecule has 102 valence electrons. The summed E-state index contributed by atoms with van der Waals surface area (Å²) in [7, 11) is 2.22. The average molecular weight is 267 g/mol. The molecular weight excluding hydrogens is 242 g/mol. The van der Waals surface area contributed by atoms with Crippen LogP contribution in [0.2, 0.25) is 0 Å². The first-order valence-corrected chi connectivity index (χ1v) is 7.98. The second kappa shape index (κ2) is 7.22. The van der Waals surface area contributed by atoms with Gasteiger partial charge in [0.15, 0.2) is 0 Å². The van der Waals surface area contributed by atoms with Crippen molar-refractivity contribution < 1.29 is 0 Å². The molecule has 1 aliphatic carbocycles. The minimum absolute atomic E-state index is 0.699. The second-order valence-electron chi connectivity index (χ2n) is 5.47. The molecule has 0 radical (unpaired) electrons. The van der Waals surface area contributed by atoms with Gasteiger partial charge in [-0.1, -0.05) is 19.3 Å². The Labute approximate surface area is 114 Å². The number of thiazole rings is 1. The highest BCUT2D eigenvalue weighted by molar-refractivity contribution is 7.09. The van der Waals surface area contributed by atoms with Crippen molar-refractivity contribution in [2.75, 3.05) is 20.1 Å². The van der Waals surface area contributed by atoms with Gasteiger partial charge in [-0.25, -0.2) is 4.98 Å². The zero-order valence-corrected chi connectivity index (χ0v) is 12.2. The fourth-order valence-corrected chi connectivity index (χ4v) is 3.62. The Bertz CT molecular complexity index is 345. The molecule has 0 aliphatic heterocycles. The largest absolute Gasteiger partial charge is 0.330 e. The molecule has 1 aliphatic rings. The topological polar surface area (TPSA) is 42.1 Å². The maximum absolute atomic E-state index is 5.55. The molecule has 4 heteroatoms. The van der Waals surface area contributed by atoms with Crippen molar-refractivity contribution >= 4 is 11.3 Å². The molecule has 0 amide bonds. The van der Waals surface area contributed by atoms with Crippen LogP contribution < -0.4 is 5.73 Å². The van der Waals surface area contributed by atoms with Crippen LogP contribution in [0.15, 0.2) is 5.38 Å². The number of hydrogen-bond acceptors (Lipinski definition) is 4. The number of hydrogen-bond donors (Lipinski definition) is 1. The molecule has 0 bridgehead atoms. The third-order valence-corrected chi connectivity index (χ3v) is 4.64. The second-order valence-corrected chi connectivity index (χ2v) is 6.41. The lowest BCUT2D eigenvalue weighted by molar-refractivity contribution is 0.226. The van der Waals surface area contributed by atoms with E-state index in [-0.39, 0.29) is 0 Å². The fourth-order valence-electron chi connectivity index (χ4n) is 2.81. The van der Waals surface area contributed by atoms with Crippen molar-refractivity contribution in [1.29, 1.82) is 0 Å². The van der Waals surface area contributed by atoms with Crippen molar-refractivity contribution in [2.45, 2.75) is 45.1 Å². The quantitative estimate of drug-likeness (QED) is 0.861. The van der Waals surface area contributed by atoms with Gasteiger partial charge in [0.05, 0.1) is 10.7 Å². The van der Waals surface area contributed by atoms with Crippen LogP contribution in [0.25, 0.3) is 0 Å². The van der Waals surface area contributed by atoms with Crippen molar-refractivity contribution in [1.82, 2.24) is 9.88 Å². The van der Waals surface area contributed by atoms with Crippen LogP contribution in [0.3, 0.4) is 0 Å². The molecule has 2 rings (SSSR count). The van der Waals surface area contributed by atoms with Crippen molar-refractivity contribution in [3.05, 3.63) is 16.1 Å². The van der Waals surface area contributed by atoms with Crippen LogP contribution in [-0.2, 0) is 13.0 Å². The van der Waals surface area contributed by atoms with Gasteiger partial charge in [-0.15, -0.1) is 11.3 Å². The van der Waals surface area contributed by atoms with Gasteiger partial charge in [0.2, 0.25) is 0 Å². The van der Waals surface area contributed by atoms with E-state index in [0.717, 1.165) is 18.9 Å². The minimum atomic E-state index is 0.699. The van der Waals surface area contributed by atoms with Crippen molar-refractivity contribution in [2.24, 2.45) is 11.7 Å². The summed E-state index contributed by atoms with van der Waals surface area (Å²) in [4.78, 5) is 7.06. The molecule has 1 aromatic rings. The van der Waals surface area contributed by atoms with Gasteiger partial charge in [0.1, 0.15) is 0 Å². The third kappa shape index (κ3) is 4.34. The Kier molecular flexibility index (Phi) is 5.60. The van der Waals surface area contributed by atoms with E-state index in [4.69, 9.17) is 5.73 Å². The minimum Gasteiger partial charge on any atom is -0.330 e. The first kappa shape index (κ1) is 14.0. The standard InChI is InChI=1S/C14H25N3S/c1-17(9-12-5-3-2-4-6-12)10-13-11-18-14(16-13)7-8-15/h11-12H,2-10,15H2,1H3. The molecule has 0 atom stereocenters. The summed E-state index contributed by atoms with van der Waals surface area (Å²) in [5.41, 5.74) is 6.76. The highest BCUT2D eigenvalue weighted by Gasteiger charge is 2.15. The summed E-state index contributed by atoms with van der Waals surface area (Å²) >= 11 is 1.74. The van der Waals surface area contributed by atoms with Crippen LogP contribution >= 0.6 is 11.3 Å². The lowest BCUT2D eigenvalue weighted by Crippen LogP contribution is -2.26. The van der Waals surface area contributed by atoms with E-state index < -0.39 is 0 Å². The number of aromatic nitrogens is 1. The van der Waals surface area contributed by atoms with Crippen LogP contribution in [0.4, 0.5) is 0 Å². The zero-order chi connectivity index (χ0) is 12.8. The molecule has 1 aromatic heterocycles. The van der Waals surface area contributed by atoms with E-state index in [1.807, 2.05) is 0 Å². The fraction of sp³-hybridized carbons (Fsp3) is 0.786. The van der Waals surface area contributed by atoms with Crippen molar-refractivity contribution in [3.63, 3.8) is 0 Å². The summed E-state index contributed by atoms with van der Waals surface area (Å²) < 4.78 is 0. The van der Waals surface area contributed by atoms with Crippen LogP contribution in [0.5, 0.6) is 0 Å². The molecular formula is C14H25N3S. The Morgan fingerprint density at radius 1 is 1.39 bits per heavy atom. The molecule has 0 saturated heterocycles. The molecule has 18 heavy (non-hydrogen) atoms. The molecule has 0 unspecified atom stereocenters. The van der Waals surface area contributed by atoms with E-state index in [9.17, 15) is 0 Å². The molecule has 1 saturated carbocycles. The van der Waals surface area contributed by atoms with Crippen LogP contribution in [-0.4, -0.2) is 30.0 Å². The summed E-state index contributed by atoms with van der Waals surface area (Å²) in [5, 5.41) is 3.36. The van der Waals surface area contributed by atoms with Gasteiger partial charge in [-0.3, -0.25) is 0 Å². The van der Waals surface area contributed by atoms with E-state index in [0.29, 0.717) is 6.54 Å². The lowest BCUT2D eigenvalue weighted by atomic mass is 9.89. The lowest BCUT2D eigenvalue weighted by Gasteiger charge is -2.26. The highest BCUT2D eigenvalue weighted by Crippen LogP contribution is 2.24. The van der Waals surface area contributed by atoms with E-state index in [1.165, 1.54) is 49.4 Å². The maximum Gasteiger partial charge on any atom is 0.0941 e. The maximum atomic E-state index is 5.55. The third-order valence-electron chi connectivity index (χ3n) is 3.68. The first-order chi connectivity index (χ1) is 8.78. The summed E-state index contributed by atoms with van der Waals surface area (Å²) in [5.74, 6) is 0.908. The van der Waals surface area contributed by atoms with E-state index >= 15 is 0 Å². The molecule has 0 spiro atoms. The number of nitrogens with zero attached hydrogens (tertiary/aromatic N) is 2. The molecule has 1 heterocycles. The van der Waals surface area contributed by atoms with Gasteiger partial charge >= 0.3 is 0 Å². The Morgan fingerprint density at radius 2 is 2.17 bits per heavy atom. The average Bonchev–Trinajstić information content (AvgIpc) is 2.78. The SMILES string of the molecule is CN(Cc1csc(CCN)n1)CC1CCCCC1. The molecule has 2 N–H and O–H groups in total. The number of nitrogens with two attached hydrogens (primary N) is 1. The van der Waals surface area contributed by atoms with Gasteiger partial charge in [0.25, 0.3) is 0 Å². The van der Waals surface area contributed by atoms with Crippen molar-refractivity contribution in [3.8, 4) is 0 Å². The van der Waals surface area contributed by atoms with E-state index in [1.54, 1.807) is 11.3 Å². The van der Waals surface area contributed by atoms with Gasteiger partial charge in [-0.2, -0.15) is 0 Å². The van der Waals surface area contributed by atoms with Gasteiger partial charge in [-0.05, 0) is 32.4 Å². The monoisotopic (exact) mass is 267 g/mol. The Morgan fingerprint density at radius 3 is 2.89 bits per heavy atom. The highest BCUT2D eigenvalue weighted by atomic mass is 32.1. The van der Waals surface area contributed by atoms with E-state index in [2.05, 4.69) is 22.3 Å². The molecule has 0 aromatic carbocycles. The predicted molar refractivity (Wildman–Crippen MR) is 77.8 cm³/mol. The van der Waals surface area contributed by atoms with Gasteiger partial charge < -0.3 is 10.6 Å². The Hall–Kier alpha value is -0.450. The molecule has 1 fully saturated rings. The first-order valence-electron chi connectivity index (χ1n) is 7.10. The Balaban J connectivity index is 1.76. The summed E-state index contributed by atoms with van der Waals surface area (Å²) in [6, 6.07) is 0. The smallest absolute Gasteiger partial charge is 0.0941 e. The van der Waals surface area contributed by atoms with Crippen LogP contribution in [0.1, 0.15) is 42.8 Å². The van der Waals surface area contributed by atoms with Gasteiger partial charge in [0, 0.05) is 24.9 Å². The number of rotatable bonds is 6. The zero-order valence-electron chi connectivity index (χ0n) is 11.4. The predicted octanol–water partition coefficient (Wildman–Crippen LogP) is 2.66. The van der Waals surface area contributed by atoms with Crippen LogP contribution in [0, 0.1) is 5.92 Å². The summed E-state index contributed by atoms with van der Waals surface area (Å²) in [6.07, 6.45) is 8.04. The normalized spacial score (nSPS) is 17.5. The molecule has 3 nitrogen and oxygen atoms in total. The summed E-state index contributed by atoms with van der Waals surface area (Å²) in [6.45, 7) is 2.91.